The third-order valence-corrected chi connectivity index (χ3v) is 16.8. The molecule has 394 valence electrons. The van der Waals surface area contributed by atoms with E-state index in [9.17, 15) is 19.2 Å². The molecule has 5 rings (SSSR count). The van der Waals surface area contributed by atoms with Crippen LogP contribution in [0.3, 0.4) is 0 Å². The van der Waals surface area contributed by atoms with Crippen molar-refractivity contribution in [1.29, 1.82) is 0 Å². The molecule has 10 atom stereocenters. The molecule has 2 saturated heterocycles. The number of ether oxygens (including phenoxy) is 2. The molecule has 11 heteroatoms. The molecule has 3 aliphatic carbocycles. The maximum atomic E-state index is 11.9. The number of esters is 4. The molecule has 0 spiro atoms. The zero-order valence-electron chi connectivity index (χ0n) is 46.4. The molecule has 2 heterocycles. The summed E-state index contributed by atoms with van der Waals surface area (Å²) in [4.78, 5) is 46.0. The smallest absolute Gasteiger partial charge is 0.318 e. The van der Waals surface area contributed by atoms with Crippen LogP contribution in [-0.4, -0.2) is 49.1 Å². The van der Waals surface area contributed by atoms with Crippen molar-refractivity contribution in [2.45, 2.75) is 198 Å². The third-order valence-electron chi connectivity index (χ3n) is 11.6. The Labute approximate surface area is 434 Å². The van der Waals surface area contributed by atoms with Crippen molar-refractivity contribution >= 4 is 65.0 Å². The van der Waals surface area contributed by atoms with E-state index in [1.807, 2.05) is 42.8 Å². The van der Waals surface area contributed by atoms with Crippen molar-refractivity contribution in [3.63, 3.8) is 0 Å². The third kappa shape index (κ3) is 28.8. The second-order valence-electron chi connectivity index (χ2n) is 25.3. The van der Waals surface area contributed by atoms with Gasteiger partial charge in [0.25, 0.3) is 0 Å². The van der Waals surface area contributed by atoms with E-state index in [2.05, 4.69) is 155 Å². The molecule has 2 bridgehead atoms. The maximum Gasteiger partial charge on any atom is 0.318 e. The fourth-order valence-corrected chi connectivity index (χ4v) is 17.0. The average Bonchev–Trinajstić information content (AvgIpc) is 3.94. The van der Waals surface area contributed by atoms with Gasteiger partial charge in [0, 0.05) is 0 Å². The predicted octanol–water partition coefficient (Wildman–Crippen LogP) is 16.2. The number of cyclic esters (lactones) is 4. The Morgan fingerprint density at radius 2 is 1.00 bits per heavy atom. The molecule has 2 aliphatic heterocycles. The molecule has 0 aromatic carbocycles. The van der Waals surface area contributed by atoms with E-state index < -0.39 is 13.5 Å². The second-order valence-corrected chi connectivity index (χ2v) is 38.6. The van der Waals surface area contributed by atoms with Gasteiger partial charge in [-0.3, -0.25) is 19.2 Å². The summed E-state index contributed by atoms with van der Waals surface area (Å²) in [7, 11) is 12.2. The van der Waals surface area contributed by atoms with Gasteiger partial charge in [-0.2, -0.15) is 0 Å². The predicted molar refractivity (Wildman–Crippen MR) is 300 cm³/mol. The molecule has 0 amide bonds. The van der Waals surface area contributed by atoms with Crippen molar-refractivity contribution in [2.75, 3.05) is 0 Å². The Bertz CT molecular complexity index is 1640. The van der Waals surface area contributed by atoms with E-state index in [0.717, 1.165) is 37.5 Å². The maximum absolute atomic E-state index is 11.9. The van der Waals surface area contributed by atoms with Gasteiger partial charge >= 0.3 is 86.9 Å². The summed E-state index contributed by atoms with van der Waals surface area (Å²) < 4.78 is 11.3. The van der Waals surface area contributed by atoms with Gasteiger partial charge in [-0.05, 0) is 186 Å². The van der Waals surface area contributed by atoms with Crippen LogP contribution in [0.5, 0.6) is 0 Å². The van der Waals surface area contributed by atoms with Gasteiger partial charge in [-0.15, -0.1) is 13.2 Å². The van der Waals surface area contributed by atoms with Crippen molar-refractivity contribution in [2.24, 2.45) is 71.0 Å². The van der Waals surface area contributed by atoms with E-state index in [1.54, 1.807) is 6.08 Å². The first-order valence-corrected chi connectivity index (χ1v) is 33.0. The number of carbonyl (C=O) groups is 4. The first-order chi connectivity index (χ1) is 30.9. The number of halogens is 2. The summed E-state index contributed by atoms with van der Waals surface area (Å²) in [5.74, 6) is 1.53. The number of hydrogen-bond donors (Lipinski definition) is 0. The minimum absolute atomic E-state index is 0.0664. The molecular weight excluding hydrogens is 1010 g/mol. The Kier molecular flexibility index (Phi) is 30.3. The first kappa shape index (κ1) is 66.9. The summed E-state index contributed by atoms with van der Waals surface area (Å²) in [5.41, 5.74) is 1.24. The Hall–Kier alpha value is -1.09. The molecule has 5 aliphatic rings. The monoisotopic (exact) mass is 1110 g/mol. The van der Waals surface area contributed by atoms with E-state index in [1.165, 1.54) is 18.4 Å². The average molecular weight is 1120 g/mol. The molecule has 6 nitrogen and oxygen atoms in total. The molecule has 68 heavy (non-hydrogen) atoms. The van der Waals surface area contributed by atoms with E-state index in [-0.39, 0.29) is 71.2 Å². The van der Waals surface area contributed by atoms with Crippen LogP contribution >= 0.6 is 36.5 Å². The minimum atomic E-state index is -1.52. The zero-order valence-corrected chi connectivity index (χ0v) is 52.0. The van der Waals surface area contributed by atoms with Gasteiger partial charge in [-0.25, -0.2) is 0 Å². The fourth-order valence-electron chi connectivity index (χ4n) is 10.5. The van der Waals surface area contributed by atoms with Crippen molar-refractivity contribution in [3.05, 3.63) is 61.3 Å². The minimum Gasteiger partial charge on any atom is -0.393 e. The summed E-state index contributed by atoms with van der Waals surface area (Å²) in [5, 5.41) is 2.27. The molecular formula is C57H100Cl2O6P2Ru+2. The number of allylic oxidation sites excluding steroid dienone is 8. The normalized spacial score (nSPS) is 25.6. The van der Waals surface area contributed by atoms with Gasteiger partial charge in [0.2, 0.25) is 0 Å². The Morgan fingerprint density at radius 3 is 1.29 bits per heavy atom. The van der Waals surface area contributed by atoms with Crippen molar-refractivity contribution in [1.82, 2.24) is 0 Å². The molecule has 0 radical (unpaired) electrons. The van der Waals surface area contributed by atoms with Crippen molar-refractivity contribution < 1.29 is 42.2 Å². The van der Waals surface area contributed by atoms with Gasteiger partial charge in [-0.1, -0.05) is 78.0 Å². The summed E-state index contributed by atoms with van der Waals surface area (Å²) in [6.45, 7) is 53.0. The van der Waals surface area contributed by atoms with E-state index in [0.29, 0.717) is 49.6 Å². The van der Waals surface area contributed by atoms with Crippen LogP contribution in [0, 0.1) is 71.0 Å². The number of hydrogen-bond acceptors (Lipinski definition) is 6. The standard InChI is InChI=1S/C18H26O3.C9H8O3.C9H18.2C8H19P.C5H8.2ClH.Ru/c1-5-13-10-14(8-6-7-12(4)9-11(2)3)16-15(13)17(19)21-18(16)20;10-8-6-4-1-2-5(3-4)7(6)9(11)12-8;1-5-6-9(4)7-8(2)3;2*1-7(2,3)9-8(4,5)6;1-4-5(2)3;;;/h5-6,8,11-16H,1,7,9-10H2,2-4H3;1-2,4-7H,3H2;5,8-9H,1,6-7H2,2-4H3;2*9H,1-6H3;1,4H,2-3H3;2*1H;/q;;;;;;;;+2/b8-6+;;;;;;;;/t12?,13-,14+,15+,16-;;;;;;;;/m0......../s1. The van der Waals surface area contributed by atoms with Gasteiger partial charge in [0.15, 0.2) is 0 Å². The van der Waals surface area contributed by atoms with Gasteiger partial charge in [0.1, 0.15) is 0 Å². The Balaban J connectivity index is 0.000000832. The summed E-state index contributed by atoms with van der Waals surface area (Å²) in [6, 6.07) is 0. The van der Waals surface area contributed by atoms with Crippen LogP contribution in [0.4, 0.5) is 0 Å². The van der Waals surface area contributed by atoms with Gasteiger partial charge in [0.05, 0.1) is 44.3 Å². The molecule has 6 unspecified atom stereocenters. The zero-order chi connectivity index (χ0) is 53.1. The van der Waals surface area contributed by atoms with Crippen LogP contribution in [-0.2, 0) is 42.2 Å². The van der Waals surface area contributed by atoms with Crippen LogP contribution in [0.2, 0.25) is 0 Å². The van der Waals surface area contributed by atoms with Crippen LogP contribution in [0.25, 0.3) is 0 Å². The number of fused-ring (bicyclic) bond motifs is 6. The molecule has 4 fully saturated rings. The summed E-state index contributed by atoms with van der Waals surface area (Å²) in [6.07, 6.45) is 20.7. The van der Waals surface area contributed by atoms with Gasteiger partial charge < -0.3 is 9.47 Å². The van der Waals surface area contributed by atoms with E-state index in [4.69, 9.17) is 24.1 Å². The first-order valence-electron chi connectivity index (χ1n) is 25.2. The largest absolute Gasteiger partial charge is 0.393 e. The fraction of sp³-hybridized carbons (Fsp3) is 0.737. The van der Waals surface area contributed by atoms with Crippen LogP contribution in [0.1, 0.15) is 177 Å². The number of rotatable bonds is 11. The van der Waals surface area contributed by atoms with E-state index >= 15 is 0 Å². The quantitative estimate of drug-likeness (QED) is 0.0674. The van der Waals surface area contributed by atoms with Crippen LogP contribution in [0.15, 0.2) is 61.3 Å². The van der Waals surface area contributed by atoms with Crippen LogP contribution < -0.4 is 0 Å². The number of carbonyl (C=O) groups excluding carboxylic acids is 4. The van der Waals surface area contributed by atoms with Crippen molar-refractivity contribution in [3.8, 4) is 0 Å². The molecule has 0 aromatic heterocycles. The summed E-state index contributed by atoms with van der Waals surface area (Å²) >= 11 is -1.52. The molecule has 0 aromatic rings. The molecule has 2 saturated carbocycles. The Morgan fingerprint density at radius 1 is 0.632 bits per heavy atom. The second kappa shape index (κ2) is 30.8. The molecule has 0 N–H and O–H groups in total. The topological polar surface area (TPSA) is 86.7 Å². The SMILES string of the molecule is C=CCC(C)CC(C)C.C=C[C@H]1C[C@@H](/C=C/CC(C)CC(C)C)[C@@H]2C(=O)OC(=O)[C@@H]21.CC(C)(C)[PH2+]C(C)(C)C.CC(C)(C)[PH2+]C(C)(C)C.CC(C)=C[CH]=[Ru]([Cl])[Cl].O=C1OC(=O)C2C3C=CC(C3)C12.